The molecule has 0 spiro atoms. The molecule has 0 N–H and O–H groups in total. The molecular weight excluding hydrogens is 234 g/mol. The Morgan fingerprint density at radius 1 is 1.16 bits per heavy atom. The largest absolute Gasteiger partial charge is 0.346 e. The fourth-order valence-electron chi connectivity index (χ4n) is 3.03. The first kappa shape index (κ1) is 12.7. The number of para-hydroxylation sites is 1. The van der Waals surface area contributed by atoms with Gasteiger partial charge in [0.1, 0.15) is 0 Å². The monoisotopic (exact) mass is 257 g/mol. The lowest BCUT2D eigenvalue weighted by Crippen LogP contribution is -2.28. The van der Waals surface area contributed by atoms with Gasteiger partial charge in [0.25, 0.3) is 0 Å². The second kappa shape index (κ2) is 5.35. The molecule has 1 aromatic heterocycles. The van der Waals surface area contributed by atoms with E-state index in [9.17, 15) is 0 Å². The average molecular weight is 257 g/mol. The normalized spacial score (nSPS) is 16.2. The molecule has 2 heterocycles. The highest BCUT2D eigenvalue weighted by Crippen LogP contribution is 2.24. The summed E-state index contributed by atoms with van der Waals surface area (Å²) in [5.41, 5.74) is 2.92. The van der Waals surface area contributed by atoms with Crippen LogP contribution in [-0.4, -0.2) is 48.1 Å². The third-order valence-electron chi connectivity index (χ3n) is 4.00. The van der Waals surface area contributed by atoms with Crippen LogP contribution in [0.25, 0.3) is 10.9 Å². The fourth-order valence-corrected chi connectivity index (χ4v) is 3.03. The van der Waals surface area contributed by atoms with Crippen LogP contribution in [-0.2, 0) is 13.1 Å². The van der Waals surface area contributed by atoms with E-state index in [1.165, 1.54) is 36.0 Å². The minimum atomic E-state index is 1.09. The van der Waals surface area contributed by atoms with E-state index in [0.717, 1.165) is 19.6 Å². The van der Waals surface area contributed by atoms with Crippen molar-refractivity contribution in [1.29, 1.82) is 0 Å². The van der Waals surface area contributed by atoms with Crippen LogP contribution in [0.1, 0.15) is 12.0 Å². The summed E-state index contributed by atoms with van der Waals surface area (Å²) < 4.78 is 2.41. The minimum Gasteiger partial charge on any atom is -0.346 e. The summed E-state index contributed by atoms with van der Waals surface area (Å²) in [6.07, 6.45) is 3.48. The summed E-state index contributed by atoms with van der Waals surface area (Å²) in [6.45, 7) is 5.73. The van der Waals surface area contributed by atoms with Gasteiger partial charge in [-0.3, -0.25) is 4.90 Å². The van der Waals surface area contributed by atoms with Gasteiger partial charge in [0.2, 0.25) is 0 Å². The second-order valence-corrected chi connectivity index (χ2v) is 5.80. The summed E-state index contributed by atoms with van der Waals surface area (Å²) in [4.78, 5) is 4.85. The highest BCUT2D eigenvalue weighted by atomic mass is 15.2. The number of hydrogen-bond acceptors (Lipinski definition) is 2. The van der Waals surface area contributed by atoms with Crippen molar-refractivity contribution in [2.45, 2.75) is 19.5 Å². The van der Waals surface area contributed by atoms with Crippen molar-refractivity contribution >= 4 is 10.9 Å². The van der Waals surface area contributed by atoms with Gasteiger partial charge in [0.15, 0.2) is 0 Å². The Morgan fingerprint density at radius 2 is 2.05 bits per heavy atom. The van der Waals surface area contributed by atoms with Gasteiger partial charge in [-0.1, -0.05) is 18.2 Å². The zero-order chi connectivity index (χ0) is 13.2. The summed E-state index contributed by atoms with van der Waals surface area (Å²) >= 11 is 0. The Hall–Kier alpha value is -1.32. The maximum absolute atomic E-state index is 2.59. The minimum absolute atomic E-state index is 1.09. The molecule has 3 rings (SSSR count). The van der Waals surface area contributed by atoms with Crippen LogP contribution in [0.3, 0.4) is 0 Å². The van der Waals surface area contributed by atoms with Gasteiger partial charge in [0, 0.05) is 25.8 Å². The second-order valence-electron chi connectivity index (χ2n) is 5.80. The van der Waals surface area contributed by atoms with Crippen molar-refractivity contribution in [3.63, 3.8) is 0 Å². The Morgan fingerprint density at radius 3 is 2.89 bits per heavy atom. The molecule has 0 aliphatic carbocycles. The van der Waals surface area contributed by atoms with Crippen molar-refractivity contribution in [3.05, 3.63) is 36.0 Å². The summed E-state index contributed by atoms with van der Waals surface area (Å²) in [6, 6.07) is 8.92. The molecule has 1 aliphatic heterocycles. The van der Waals surface area contributed by atoms with Gasteiger partial charge in [0.05, 0.1) is 5.52 Å². The van der Waals surface area contributed by atoms with Crippen LogP contribution in [0.2, 0.25) is 0 Å². The SMILES string of the molecule is CN(C)CCCN1CCn2ccc3cccc(c32)C1. The molecule has 3 heteroatoms. The molecule has 0 radical (unpaired) electrons. The number of nitrogens with zero attached hydrogens (tertiary/aromatic N) is 3. The van der Waals surface area contributed by atoms with Crippen LogP contribution in [0.5, 0.6) is 0 Å². The van der Waals surface area contributed by atoms with E-state index >= 15 is 0 Å². The van der Waals surface area contributed by atoms with Crippen LogP contribution < -0.4 is 0 Å². The predicted molar refractivity (Wildman–Crippen MR) is 80.4 cm³/mol. The number of benzene rings is 1. The van der Waals surface area contributed by atoms with Crippen LogP contribution >= 0.6 is 0 Å². The van der Waals surface area contributed by atoms with E-state index in [1.54, 1.807) is 0 Å². The molecule has 0 amide bonds. The molecule has 0 atom stereocenters. The Bertz CT molecular complexity index is 556. The highest BCUT2D eigenvalue weighted by Gasteiger charge is 2.15. The van der Waals surface area contributed by atoms with Crippen molar-refractivity contribution in [1.82, 2.24) is 14.4 Å². The van der Waals surface area contributed by atoms with Crippen LogP contribution in [0.15, 0.2) is 30.5 Å². The van der Waals surface area contributed by atoms with E-state index < -0.39 is 0 Å². The summed E-state index contributed by atoms with van der Waals surface area (Å²) in [5, 5.41) is 1.38. The van der Waals surface area contributed by atoms with Crippen LogP contribution in [0, 0.1) is 0 Å². The lowest BCUT2D eigenvalue weighted by atomic mass is 10.1. The summed E-state index contributed by atoms with van der Waals surface area (Å²) in [7, 11) is 4.30. The van der Waals surface area contributed by atoms with Crippen molar-refractivity contribution in [2.24, 2.45) is 0 Å². The van der Waals surface area contributed by atoms with Gasteiger partial charge >= 0.3 is 0 Å². The molecule has 0 fully saturated rings. The predicted octanol–water partition coefficient (Wildman–Crippen LogP) is 2.41. The molecular formula is C16H23N3. The zero-order valence-corrected chi connectivity index (χ0v) is 12.0. The smallest absolute Gasteiger partial charge is 0.0526 e. The van der Waals surface area contributed by atoms with Crippen molar-refractivity contribution in [3.8, 4) is 0 Å². The van der Waals surface area contributed by atoms with E-state index in [1.807, 2.05) is 0 Å². The number of hydrogen-bond donors (Lipinski definition) is 0. The fraction of sp³-hybridized carbons (Fsp3) is 0.500. The van der Waals surface area contributed by atoms with Gasteiger partial charge in [-0.25, -0.2) is 0 Å². The van der Waals surface area contributed by atoms with Gasteiger partial charge in [-0.15, -0.1) is 0 Å². The molecule has 3 nitrogen and oxygen atoms in total. The van der Waals surface area contributed by atoms with Gasteiger partial charge in [-0.2, -0.15) is 0 Å². The molecule has 0 saturated heterocycles. The zero-order valence-electron chi connectivity index (χ0n) is 12.0. The highest BCUT2D eigenvalue weighted by molar-refractivity contribution is 5.83. The Labute approximate surface area is 115 Å². The Balaban J connectivity index is 1.75. The molecule has 102 valence electrons. The topological polar surface area (TPSA) is 11.4 Å². The maximum atomic E-state index is 2.59. The van der Waals surface area contributed by atoms with Gasteiger partial charge < -0.3 is 9.47 Å². The third-order valence-corrected chi connectivity index (χ3v) is 4.00. The lowest BCUT2D eigenvalue weighted by molar-refractivity contribution is 0.245. The van der Waals surface area contributed by atoms with E-state index in [-0.39, 0.29) is 0 Å². The van der Waals surface area contributed by atoms with Crippen molar-refractivity contribution < 1.29 is 0 Å². The maximum Gasteiger partial charge on any atom is 0.0526 e. The molecule has 1 aliphatic rings. The molecule has 0 unspecified atom stereocenters. The molecule has 1 aromatic carbocycles. The Kier molecular flexibility index (Phi) is 3.58. The standard InChI is InChI=1S/C16H23N3/c1-17(2)8-4-9-18-11-12-19-10-7-14-5-3-6-15(13-18)16(14)19/h3,5-7,10H,4,8-9,11-13H2,1-2H3. The molecule has 0 saturated carbocycles. The van der Waals surface area contributed by atoms with Gasteiger partial charge in [-0.05, 0) is 50.6 Å². The average Bonchev–Trinajstić information content (AvgIpc) is 2.70. The van der Waals surface area contributed by atoms with Crippen LogP contribution in [0.4, 0.5) is 0 Å². The quantitative estimate of drug-likeness (QED) is 0.833. The first-order valence-corrected chi connectivity index (χ1v) is 7.18. The first-order valence-electron chi connectivity index (χ1n) is 7.18. The van der Waals surface area contributed by atoms with E-state index in [2.05, 4.69) is 58.9 Å². The molecule has 0 bridgehead atoms. The van der Waals surface area contributed by atoms with E-state index in [0.29, 0.717) is 0 Å². The molecule has 2 aromatic rings. The summed E-state index contributed by atoms with van der Waals surface area (Å²) in [5.74, 6) is 0. The lowest BCUT2D eigenvalue weighted by Gasteiger charge is -2.21. The number of aromatic nitrogens is 1. The van der Waals surface area contributed by atoms with Crippen molar-refractivity contribution in [2.75, 3.05) is 33.7 Å². The molecule has 19 heavy (non-hydrogen) atoms. The first-order chi connectivity index (χ1) is 9.24. The van der Waals surface area contributed by atoms with E-state index in [4.69, 9.17) is 0 Å². The third kappa shape index (κ3) is 2.67. The number of rotatable bonds is 4.